The Morgan fingerprint density at radius 3 is 2.72 bits per heavy atom. The lowest BCUT2D eigenvalue weighted by atomic mass is 10.0. The third kappa shape index (κ3) is 4.08. The van der Waals surface area contributed by atoms with Crippen molar-refractivity contribution in [2.24, 2.45) is 5.10 Å². The number of benzene rings is 3. The normalized spacial score (nSPS) is 10.9. The number of phenols is 1. The Morgan fingerprint density at radius 1 is 1.12 bits per heavy atom. The zero-order chi connectivity index (χ0) is 17.6. The lowest BCUT2D eigenvalue weighted by Crippen LogP contribution is -2.24. The molecule has 2 N–H and O–H groups in total. The number of phenolic OH excluding ortho intramolecular Hbond substituents is 1. The van der Waals surface area contributed by atoms with Crippen LogP contribution in [-0.2, 0) is 4.79 Å². The molecule has 0 radical (unpaired) electrons. The summed E-state index contributed by atoms with van der Waals surface area (Å²) in [6.07, 6.45) is 1.41. The van der Waals surface area contributed by atoms with E-state index in [1.165, 1.54) is 6.21 Å². The third-order valence-corrected chi connectivity index (χ3v) is 3.84. The fourth-order valence-electron chi connectivity index (χ4n) is 2.33. The number of amides is 1. The van der Waals surface area contributed by atoms with Crippen molar-refractivity contribution in [3.63, 3.8) is 0 Å². The maximum atomic E-state index is 11.8. The monoisotopic (exact) mass is 354 g/mol. The lowest BCUT2D eigenvalue weighted by Gasteiger charge is -2.07. The van der Waals surface area contributed by atoms with E-state index < -0.39 is 5.91 Å². The molecule has 0 bridgehead atoms. The van der Waals surface area contributed by atoms with Crippen LogP contribution in [0.2, 0.25) is 5.02 Å². The van der Waals surface area contributed by atoms with Crippen LogP contribution in [0.5, 0.6) is 11.5 Å². The van der Waals surface area contributed by atoms with E-state index in [0.717, 1.165) is 10.8 Å². The minimum absolute atomic E-state index is 0.0871. The first-order valence-corrected chi connectivity index (χ1v) is 7.93. The molecular weight excluding hydrogens is 340 g/mol. The largest absolute Gasteiger partial charge is 0.507 e. The van der Waals surface area contributed by atoms with Gasteiger partial charge in [0, 0.05) is 5.56 Å². The Bertz CT molecular complexity index is 941. The van der Waals surface area contributed by atoms with E-state index >= 15 is 0 Å². The summed E-state index contributed by atoms with van der Waals surface area (Å²) in [5, 5.41) is 16.1. The number of hydrogen-bond acceptors (Lipinski definition) is 4. The number of rotatable bonds is 5. The van der Waals surface area contributed by atoms with Crippen LogP contribution in [0.25, 0.3) is 10.8 Å². The Morgan fingerprint density at radius 2 is 1.88 bits per heavy atom. The number of ether oxygens (including phenoxy) is 1. The number of fused-ring (bicyclic) bond motifs is 1. The zero-order valence-corrected chi connectivity index (χ0v) is 13.9. The molecule has 0 fully saturated rings. The van der Waals surface area contributed by atoms with E-state index in [1.54, 1.807) is 30.3 Å². The molecule has 25 heavy (non-hydrogen) atoms. The van der Waals surface area contributed by atoms with Crippen molar-refractivity contribution in [3.8, 4) is 11.5 Å². The summed E-state index contributed by atoms with van der Waals surface area (Å²) in [5.74, 6) is 0.0786. The molecule has 0 aliphatic carbocycles. The van der Waals surface area contributed by atoms with Gasteiger partial charge in [-0.25, -0.2) is 5.43 Å². The molecule has 5 nitrogen and oxygen atoms in total. The highest BCUT2D eigenvalue weighted by Gasteiger charge is 2.06. The number of carbonyl (C=O) groups is 1. The van der Waals surface area contributed by atoms with Crippen LogP contribution in [0.1, 0.15) is 5.56 Å². The summed E-state index contributed by atoms with van der Waals surface area (Å²) in [4.78, 5) is 11.8. The predicted octanol–water partition coefficient (Wildman–Crippen LogP) is 3.73. The maximum Gasteiger partial charge on any atom is 0.277 e. The average molecular weight is 355 g/mol. The summed E-state index contributed by atoms with van der Waals surface area (Å²) in [5.41, 5.74) is 2.90. The van der Waals surface area contributed by atoms with Gasteiger partial charge < -0.3 is 9.84 Å². The van der Waals surface area contributed by atoms with Crippen LogP contribution in [0.15, 0.2) is 65.8 Å². The molecule has 6 heteroatoms. The molecule has 0 atom stereocenters. The number of carbonyl (C=O) groups excluding carboxylic acids is 1. The van der Waals surface area contributed by atoms with Crippen LogP contribution in [0.3, 0.4) is 0 Å². The first-order valence-electron chi connectivity index (χ1n) is 7.55. The summed E-state index contributed by atoms with van der Waals surface area (Å²) in [6, 6.07) is 17.9. The van der Waals surface area contributed by atoms with Crippen LogP contribution in [-0.4, -0.2) is 23.8 Å². The SMILES string of the molecule is O=C(COc1ccccc1Cl)N/N=C/c1c(O)ccc2ccccc12. The molecule has 3 rings (SSSR count). The molecule has 1 amide bonds. The van der Waals surface area contributed by atoms with Crippen molar-refractivity contribution in [1.82, 2.24) is 5.43 Å². The molecule has 0 aliphatic rings. The number of nitrogens with one attached hydrogen (secondary N) is 1. The lowest BCUT2D eigenvalue weighted by molar-refractivity contribution is -0.123. The van der Waals surface area contributed by atoms with Gasteiger partial charge in [-0.15, -0.1) is 0 Å². The van der Waals surface area contributed by atoms with Gasteiger partial charge >= 0.3 is 0 Å². The molecule has 3 aromatic carbocycles. The van der Waals surface area contributed by atoms with Gasteiger partial charge in [0.2, 0.25) is 0 Å². The Hall–Kier alpha value is -3.05. The molecule has 0 saturated carbocycles. The number of hydrazone groups is 1. The van der Waals surface area contributed by atoms with Gasteiger partial charge in [0.15, 0.2) is 6.61 Å². The molecule has 0 aromatic heterocycles. The van der Waals surface area contributed by atoms with Crippen molar-refractivity contribution in [2.75, 3.05) is 6.61 Å². The highest BCUT2D eigenvalue weighted by Crippen LogP contribution is 2.25. The molecular formula is C19H15ClN2O3. The molecule has 0 saturated heterocycles. The summed E-state index contributed by atoms with van der Waals surface area (Å²) >= 11 is 5.95. The van der Waals surface area contributed by atoms with Gasteiger partial charge in [-0.2, -0.15) is 5.10 Å². The number of para-hydroxylation sites is 1. The maximum absolute atomic E-state index is 11.8. The first kappa shape index (κ1) is 16.8. The van der Waals surface area contributed by atoms with Crippen molar-refractivity contribution in [3.05, 3.63) is 71.2 Å². The Balaban J connectivity index is 1.64. The summed E-state index contributed by atoms with van der Waals surface area (Å²) in [7, 11) is 0. The first-order chi connectivity index (χ1) is 12.1. The van der Waals surface area contributed by atoms with Gasteiger partial charge in [0.05, 0.1) is 11.2 Å². The van der Waals surface area contributed by atoms with E-state index in [-0.39, 0.29) is 12.4 Å². The van der Waals surface area contributed by atoms with Crippen molar-refractivity contribution < 1.29 is 14.6 Å². The van der Waals surface area contributed by atoms with Crippen LogP contribution in [0.4, 0.5) is 0 Å². The van der Waals surface area contributed by atoms with Gasteiger partial charge in [-0.05, 0) is 29.0 Å². The fraction of sp³-hybridized carbons (Fsp3) is 0.0526. The molecule has 3 aromatic rings. The van der Waals surface area contributed by atoms with Crippen molar-refractivity contribution in [2.45, 2.75) is 0 Å². The second-order valence-electron chi connectivity index (χ2n) is 5.23. The zero-order valence-electron chi connectivity index (χ0n) is 13.1. The predicted molar refractivity (Wildman–Crippen MR) is 98.3 cm³/mol. The Labute approximate surface area is 149 Å². The van der Waals surface area contributed by atoms with E-state index in [4.69, 9.17) is 16.3 Å². The average Bonchev–Trinajstić information content (AvgIpc) is 2.63. The van der Waals surface area contributed by atoms with Crippen molar-refractivity contribution >= 4 is 34.5 Å². The van der Waals surface area contributed by atoms with E-state index in [1.807, 2.05) is 30.3 Å². The topological polar surface area (TPSA) is 70.9 Å². The van der Waals surface area contributed by atoms with E-state index in [2.05, 4.69) is 10.5 Å². The number of nitrogens with zero attached hydrogens (tertiary/aromatic N) is 1. The van der Waals surface area contributed by atoms with E-state index in [0.29, 0.717) is 16.3 Å². The van der Waals surface area contributed by atoms with Gasteiger partial charge in [-0.3, -0.25) is 4.79 Å². The molecule has 126 valence electrons. The van der Waals surface area contributed by atoms with Gasteiger partial charge in [0.25, 0.3) is 5.91 Å². The molecule has 0 heterocycles. The van der Waals surface area contributed by atoms with Gasteiger partial charge in [0.1, 0.15) is 11.5 Å². The van der Waals surface area contributed by atoms with Crippen LogP contribution in [0, 0.1) is 0 Å². The molecule has 0 unspecified atom stereocenters. The fourth-order valence-corrected chi connectivity index (χ4v) is 2.52. The quantitative estimate of drug-likeness (QED) is 0.541. The highest BCUT2D eigenvalue weighted by atomic mass is 35.5. The second kappa shape index (κ2) is 7.68. The van der Waals surface area contributed by atoms with Crippen LogP contribution >= 0.6 is 11.6 Å². The Kier molecular flexibility index (Phi) is 5.16. The molecule has 0 aliphatic heterocycles. The smallest absolute Gasteiger partial charge is 0.277 e. The number of aromatic hydroxyl groups is 1. The van der Waals surface area contributed by atoms with Gasteiger partial charge in [-0.1, -0.05) is 54.1 Å². The minimum atomic E-state index is -0.434. The second-order valence-corrected chi connectivity index (χ2v) is 5.64. The highest BCUT2D eigenvalue weighted by molar-refractivity contribution is 6.32. The standard InChI is InChI=1S/C19H15ClN2O3/c20-16-7-3-4-8-18(16)25-12-19(24)22-21-11-15-14-6-2-1-5-13(14)9-10-17(15)23/h1-11,23H,12H2,(H,22,24)/b21-11+. The number of halogens is 1. The molecule has 0 spiro atoms. The van der Waals surface area contributed by atoms with E-state index in [9.17, 15) is 9.90 Å². The third-order valence-electron chi connectivity index (χ3n) is 3.53. The van der Waals surface area contributed by atoms with Crippen molar-refractivity contribution in [1.29, 1.82) is 0 Å². The number of hydrogen-bond donors (Lipinski definition) is 2. The minimum Gasteiger partial charge on any atom is -0.507 e. The summed E-state index contributed by atoms with van der Waals surface area (Å²) in [6.45, 7) is -0.220. The van der Waals surface area contributed by atoms with Crippen LogP contribution < -0.4 is 10.2 Å². The summed E-state index contributed by atoms with van der Waals surface area (Å²) < 4.78 is 5.33.